The molecule has 102 valence electrons. The number of carbonyl (C=O) groups is 1. The molecule has 20 heavy (non-hydrogen) atoms. The number of benzene rings is 2. The molecule has 0 atom stereocenters. The van der Waals surface area contributed by atoms with E-state index in [0.29, 0.717) is 17.3 Å². The van der Waals surface area contributed by atoms with Gasteiger partial charge in [0.25, 0.3) is 0 Å². The molecule has 3 nitrogen and oxygen atoms in total. The molecule has 0 aliphatic heterocycles. The first-order valence-corrected chi connectivity index (χ1v) is 6.59. The largest absolute Gasteiger partial charge is 0.326 e. The third-order valence-corrected chi connectivity index (χ3v) is 3.07. The second kappa shape index (κ2) is 6.78. The highest BCUT2D eigenvalue weighted by Gasteiger charge is 2.15. The molecule has 0 aliphatic carbocycles. The number of rotatable bonds is 4. The predicted molar refractivity (Wildman–Crippen MR) is 84.5 cm³/mol. The number of anilines is 2. The van der Waals surface area contributed by atoms with Crippen molar-refractivity contribution >= 4 is 29.0 Å². The normalized spacial score (nSPS) is 9.85. The van der Waals surface area contributed by atoms with Crippen molar-refractivity contribution < 1.29 is 4.79 Å². The Bertz CT molecular complexity index is 598. The molecule has 0 unspecified atom stereocenters. The van der Waals surface area contributed by atoms with Crippen LogP contribution in [0.15, 0.2) is 67.3 Å². The molecular formula is C16H15ClN2O. The number of amides is 2. The molecule has 0 saturated heterocycles. The van der Waals surface area contributed by atoms with Gasteiger partial charge in [-0.3, -0.25) is 4.90 Å². The maximum absolute atomic E-state index is 12.4. The number of carbonyl (C=O) groups excluding carboxylic acids is 1. The molecule has 0 aliphatic rings. The Morgan fingerprint density at radius 2 is 1.80 bits per heavy atom. The van der Waals surface area contributed by atoms with Crippen molar-refractivity contribution in [1.82, 2.24) is 0 Å². The second-order valence-corrected chi connectivity index (χ2v) is 4.55. The monoisotopic (exact) mass is 286 g/mol. The average molecular weight is 287 g/mol. The zero-order chi connectivity index (χ0) is 14.4. The van der Waals surface area contributed by atoms with Crippen molar-refractivity contribution in [1.29, 1.82) is 0 Å². The number of hydrogen-bond donors (Lipinski definition) is 1. The van der Waals surface area contributed by atoms with Crippen LogP contribution in [0.3, 0.4) is 0 Å². The van der Waals surface area contributed by atoms with Crippen molar-refractivity contribution in [2.75, 3.05) is 16.8 Å². The van der Waals surface area contributed by atoms with Gasteiger partial charge >= 0.3 is 6.03 Å². The van der Waals surface area contributed by atoms with Gasteiger partial charge in [-0.1, -0.05) is 48.0 Å². The summed E-state index contributed by atoms with van der Waals surface area (Å²) in [6, 6.07) is 16.3. The van der Waals surface area contributed by atoms with Gasteiger partial charge in [-0.25, -0.2) is 4.79 Å². The lowest BCUT2D eigenvalue weighted by molar-refractivity contribution is 0.257. The summed E-state index contributed by atoms with van der Waals surface area (Å²) in [5, 5.41) is 3.31. The van der Waals surface area contributed by atoms with E-state index in [1.807, 2.05) is 42.5 Å². The molecule has 0 bridgehead atoms. The molecule has 2 aromatic rings. The van der Waals surface area contributed by atoms with E-state index in [1.54, 1.807) is 23.1 Å². The van der Waals surface area contributed by atoms with Crippen LogP contribution < -0.4 is 10.2 Å². The maximum Gasteiger partial charge on any atom is 0.326 e. The van der Waals surface area contributed by atoms with Gasteiger partial charge in [0.05, 0.1) is 10.7 Å². The Morgan fingerprint density at radius 3 is 2.45 bits per heavy atom. The molecule has 2 rings (SSSR count). The minimum Gasteiger partial charge on any atom is -0.306 e. The maximum atomic E-state index is 12.4. The highest BCUT2D eigenvalue weighted by Crippen LogP contribution is 2.22. The standard InChI is InChI=1S/C16H15ClN2O/c1-2-12-19(13-8-4-3-5-9-13)16(20)18-15-11-7-6-10-14(15)17/h2-11H,1,12H2,(H,18,20). The lowest BCUT2D eigenvalue weighted by Gasteiger charge is -2.22. The number of hydrogen-bond acceptors (Lipinski definition) is 1. The number of nitrogens with zero attached hydrogens (tertiary/aromatic N) is 1. The van der Waals surface area contributed by atoms with Gasteiger partial charge in [0.2, 0.25) is 0 Å². The fraction of sp³-hybridized carbons (Fsp3) is 0.0625. The van der Waals surface area contributed by atoms with E-state index in [9.17, 15) is 4.79 Å². The Labute approximate surface area is 123 Å². The first kappa shape index (κ1) is 14.2. The van der Waals surface area contributed by atoms with Gasteiger partial charge in [0.1, 0.15) is 0 Å². The van der Waals surface area contributed by atoms with Crippen LogP contribution in [0.5, 0.6) is 0 Å². The molecule has 0 spiro atoms. The first-order valence-electron chi connectivity index (χ1n) is 6.21. The van der Waals surface area contributed by atoms with E-state index < -0.39 is 0 Å². The molecule has 0 radical (unpaired) electrons. The molecule has 4 heteroatoms. The van der Waals surface area contributed by atoms with E-state index in [0.717, 1.165) is 5.69 Å². The highest BCUT2D eigenvalue weighted by molar-refractivity contribution is 6.33. The van der Waals surface area contributed by atoms with Crippen LogP contribution in [0.1, 0.15) is 0 Å². The zero-order valence-electron chi connectivity index (χ0n) is 10.9. The minimum absolute atomic E-state index is 0.246. The van der Waals surface area contributed by atoms with E-state index in [4.69, 9.17) is 11.6 Å². The summed E-state index contributed by atoms with van der Waals surface area (Å²) in [5.74, 6) is 0. The van der Waals surface area contributed by atoms with E-state index in [-0.39, 0.29) is 6.03 Å². The molecule has 0 fully saturated rings. The molecule has 0 heterocycles. The summed E-state index contributed by atoms with van der Waals surface area (Å²) < 4.78 is 0. The summed E-state index contributed by atoms with van der Waals surface area (Å²) in [7, 11) is 0. The lowest BCUT2D eigenvalue weighted by Crippen LogP contribution is -2.35. The number of nitrogens with one attached hydrogen (secondary N) is 1. The van der Waals surface area contributed by atoms with Gasteiger partial charge in [0.15, 0.2) is 0 Å². The van der Waals surface area contributed by atoms with Crippen LogP contribution in [0.4, 0.5) is 16.2 Å². The van der Waals surface area contributed by atoms with Crippen LogP contribution in [0, 0.1) is 0 Å². The fourth-order valence-corrected chi connectivity index (χ4v) is 1.97. The van der Waals surface area contributed by atoms with Crippen molar-refractivity contribution in [2.24, 2.45) is 0 Å². The molecular weight excluding hydrogens is 272 g/mol. The van der Waals surface area contributed by atoms with Gasteiger partial charge in [-0.05, 0) is 24.3 Å². The first-order chi connectivity index (χ1) is 9.72. The third kappa shape index (κ3) is 3.39. The Hall–Kier alpha value is -2.26. The molecule has 1 N–H and O–H groups in total. The Balaban J connectivity index is 2.20. The minimum atomic E-state index is -0.246. The van der Waals surface area contributed by atoms with Crippen molar-refractivity contribution in [3.05, 3.63) is 72.3 Å². The van der Waals surface area contributed by atoms with Crippen molar-refractivity contribution in [3.63, 3.8) is 0 Å². The number of halogens is 1. The molecule has 2 amide bonds. The molecule has 0 saturated carbocycles. The van der Waals surface area contributed by atoms with Crippen LogP contribution in [0.25, 0.3) is 0 Å². The smallest absolute Gasteiger partial charge is 0.306 e. The van der Waals surface area contributed by atoms with Gasteiger partial charge in [-0.15, -0.1) is 6.58 Å². The molecule has 0 aromatic heterocycles. The lowest BCUT2D eigenvalue weighted by atomic mass is 10.3. The number of urea groups is 1. The van der Waals surface area contributed by atoms with Gasteiger partial charge < -0.3 is 5.32 Å². The summed E-state index contributed by atoms with van der Waals surface area (Å²) in [5.41, 5.74) is 1.39. The van der Waals surface area contributed by atoms with E-state index >= 15 is 0 Å². The van der Waals surface area contributed by atoms with Crippen molar-refractivity contribution in [2.45, 2.75) is 0 Å². The topological polar surface area (TPSA) is 32.3 Å². The highest BCUT2D eigenvalue weighted by atomic mass is 35.5. The Kier molecular flexibility index (Phi) is 4.80. The van der Waals surface area contributed by atoms with E-state index in [1.165, 1.54) is 0 Å². The zero-order valence-corrected chi connectivity index (χ0v) is 11.7. The quantitative estimate of drug-likeness (QED) is 0.821. The summed E-state index contributed by atoms with van der Waals surface area (Å²) >= 11 is 6.04. The van der Waals surface area contributed by atoms with Crippen LogP contribution >= 0.6 is 11.6 Å². The summed E-state index contributed by atoms with van der Waals surface area (Å²) in [6.45, 7) is 4.10. The van der Waals surface area contributed by atoms with Crippen molar-refractivity contribution in [3.8, 4) is 0 Å². The third-order valence-electron chi connectivity index (χ3n) is 2.74. The van der Waals surface area contributed by atoms with Crippen LogP contribution in [-0.4, -0.2) is 12.6 Å². The SMILES string of the molecule is C=CCN(C(=O)Nc1ccccc1Cl)c1ccccc1. The summed E-state index contributed by atoms with van der Waals surface area (Å²) in [4.78, 5) is 14.0. The Morgan fingerprint density at radius 1 is 1.15 bits per heavy atom. The predicted octanol–water partition coefficient (Wildman–Crippen LogP) is 4.56. The molecule has 2 aromatic carbocycles. The second-order valence-electron chi connectivity index (χ2n) is 4.14. The number of para-hydroxylation sites is 2. The van der Waals surface area contributed by atoms with Crippen LogP contribution in [0.2, 0.25) is 5.02 Å². The average Bonchev–Trinajstić information content (AvgIpc) is 2.48. The van der Waals surface area contributed by atoms with E-state index in [2.05, 4.69) is 11.9 Å². The van der Waals surface area contributed by atoms with Crippen LogP contribution in [-0.2, 0) is 0 Å². The summed E-state index contributed by atoms with van der Waals surface area (Å²) in [6.07, 6.45) is 1.68. The van der Waals surface area contributed by atoms with Gasteiger partial charge in [0, 0.05) is 12.2 Å². The fourth-order valence-electron chi connectivity index (χ4n) is 1.79. The van der Waals surface area contributed by atoms with Gasteiger partial charge in [-0.2, -0.15) is 0 Å².